The van der Waals surface area contributed by atoms with Gasteiger partial charge in [0.15, 0.2) is 0 Å². The molecule has 4 nitrogen and oxygen atoms in total. The Bertz CT molecular complexity index is 935. The van der Waals surface area contributed by atoms with E-state index < -0.39 is 6.36 Å². The molecule has 0 radical (unpaired) electrons. The number of H-pyrrole nitrogens is 1. The highest BCUT2D eigenvalue weighted by molar-refractivity contribution is 5.37. The van der Waals surface area contributed by atoms with Gasteiger partial charge in [-0.3, -0.25) is 4.79 Å². The smallest absolute Gasteiger partial charge is 0.488 e. The van der Waals surface area contributed by atoms with Crippen LogP contribution in [0.5, 0.6) is 11.5 Å². The van der Waals surface area contributed by atoms with Crippen molar-refractivity contribution in [3.05, 3.63) is 93.9 Å². The van der Waals surface area contributed by atoms with Gasteiger partial charge < -0.3 is 14.5 Å². The van der Waals surface area contributed by atoms with E-state index in [0.717, 1.165) is 5.56 Å². The molecule has 0 aliphatic rings. The van der Waals surface area contributed by atoms with Crippen LogP contribution in [0.2, 0.25) is 0 Å². The Kier molecular flexibility index (Phi) is 5.49. The number of nitrogens with one attached hydrogen (secondary N) is 1. The molecule has 0 bridgehead atoms. The second-order valence-electron chi connectivity index (χ2n) is 5.79. The van der Waals surface area contributed by atoms with Crippen LogP contribution in [-0.4, -0.2) is 11.3 Å². The van der Waals surface area contributed by atoms with Crippen molar-refractivity contribution in [1.29, 1.82) is 0 Å². The predicted molar refractivity (Wildman–Crippen MR) is 93.8 cm³/mol. The standard InChI is InChI=1S/C20H16F3NO3/c21-20(22,23)27-16-8-6-14(7-9-16)12-17-18(10-11-24-19(17)25)26-13-15-4-2-1-3-5-15/h1-11H,12-13H2,(H,24,25). The molecule has 0 unspecified atom stereocenters. The van der Waals surface area contributed by atoms with Crippen LogP contribution in [0.25, 0.3) is 0 Å². The molecule has 1 N–H and O–H groups in total. The first-order valence-electron chi connectivity index (χ1n) is 8.13. The fraction of sp³-hybridized carbons (Fsp3) is 0.150. The molecule has 7 heteroatoms. The Morgan fingerprint density at radius 1 is 0.889 bits per heavy atom. The summed E-state index contributed by atoms with van der Waals surface area (Å²) in [6.07, 6.45) is -3.03. The van der Waals surface area contributed by atoms with Gasteiger partial charge in [0, 0.05) is 12.6 Å². The average Bonchev–Trinajstić information content (AvgIpc) is 2.63. The minimum Gasteiger partial charge on any atom is -0.488 e. The number of pyridine rings is 1. The summed E-state index contributed by atoms with van der Waals surface area (Å²) in [6.45, 7) is 0.301. The largest absolute Gasteiger partial charge is 0.573 e. The Balaban J connectivity index is 1.75. The fourth-order valence-electron chi connectivity index (χ4n) is 2.54. The molecule has 27 heavy (non-hydrogen) atoms. The van der Waals surface area contributed by atoms with Crippen molar-refractivity contribution in [1.82, 2.24) is 4.98 Å². The molecule has 2 aromatic carbocycles. The summed E-state index contributed by atoms with van der Waals surface area (Å²) in [5.74, 6) is 0.118. The molecule has 0 atom stereocenters. The van der Waals surface area contributed by atoms with Crippen LogP contribution in [0.4, 0.5) is 13.2 Å². The second kappa shape index (κ2) is 7.99. The highest BCUT2D eigenvalue weighted by Gasteiger charge is 2.30. The molecule has 1 aromatic heterocycles. The van der Waals surface area contributed by atoms with Crippen LogP contribution in [0.3, 0.4) is 0 Å². The number of hydrogen-bond donors (Lipinski definition) is 1. The molecular formula is C20H16F3NO3. The molecule has 0 aliphatic heterocycles. The van der Waals surface area contributed by atoms with Gasteiger partial charge in [-0.05, 0) is 29.3 Å². The summed E-state index contributed by atoms with van der Waals surface area (Å²) >= 11 is 0. The highest BCUT2D eigenvalue weighted by atomic mass is 19.4. The van der Waals surface area contributed by atoms with Crippen molar-refractivity contribution in [3.8, 4) is 11.5 Å². The van der Waals surface area contributed by atoms with Gasteiger partial charge in [0.2, 0.25) is 0 Å². The van der Waals surface area contributed by atoms with Gasteiger partial charge in [-0.25, -0.2) is 0 Å². The topological polar surface area (TPSA) is 51.3 Å². The predicted octanol–water partition coefficient (Wildman–Crippen LogP) is 4.44. The highest BCUT2D eigenvalue weighted by Crippen LogP contribution is 2.24. The molecule has 0 spiro atoms. The van der Waals surface area contributed by atoms with Gasteiger partial charge in [0.1, 0.15) is 18.1 Å². The molecule has 0 saturated heterocycles. The third kappa shape index (κ3) is 5.37. The maximum Gasteiger partial charge on any atom is 0.573 e. The van der Waals surface area contributed by atoms with Crippen LogP contribution >= 0.6 is 0 Å². The van der Waals surface area contributed by atoms with E-state index in [4.69, 9.17) is 4.74 Å². The minimum absolute atomic E-state index is 0.215. The zero-order chi connectivity index (χ0) is 19.3. The van der Waals surface area contributed by atoms with Crippen molar-refractivity contribution >= 4 is 0 Å². The van der Waals surface area contributed by atoms with E-state index in [1.807, 2.05) is 30.3 Å². The van der Waals surface area contributed by atoms with Crippen molar-refractivity contribution in [2.24, 2.45) is 0 Å². The molecule has 3 aromatic rings. The summed E-state index contributed by atoms with van der Waals surface area (Å²) in [4.78, 5) is 14.8. The third-order valence-corrected chi connectivity index (χ3v) is 3.80. The second-order valence-corrected chi connectivity index (χ2v) is 5.79. The summed E-state index contributed by atoms with van der Waals surface area (Å²) in [5.41, 5.74) is 1.71. The molecule has 1 heterocycles. The van der Waals surface area contributed by atoms with Gasteiger partial charge in [0.25, 0.3) is 5.56 Å². The Morgan fingerprint density at radius 3 is 2.26 bits per heavy atom. The third-order valence-electron chi connectivity index (χ3n) is 3.80. The number of aromatic nitrogens is 1. The van der Waals surface area contributed by atoms with E-state index in [2.05, 4.69) is 9.72 Å². The van der Waals surface area contributed by atoms with Crippen molar-refractivity contribution < 1.29 is 22.6 Å². The fourth-order valence-corrected chi connectivity index (χ4v) is 2.54. The Morgan fingerprint density at radius 2 is 1.59 bits per heavy atom. The number of hydrogen-bond acceptors (Lipinski definition) is 3. The van der Waals surface area contributed by atoms with Crippen LogP contribution in [0, 0.1) is 0 Å². The summed E-state index contributed by atoms with van der Waals surface area (Å²) in [7, 11) is 0. The molecule has 0 saturated carbocycles. The molecule has 0 fully saturated rings. The molecule has 0 aliphatic carbocycles. The van der Waals surface area contributed by atoms with Crippen molar-refractivity contribution in [2.75, 3.05) is 0 Å². The molecule has 3 rings (SSSR count). The number of benzene rings is 2. The van der Waals surface area contributed by atoms with Crippen LogP contribution in [0.1, 0.15) is 16.7 Å². The van der Waals surface area contributed by atoms with E-state index >= 15 is 0 Å². The number of rotatable bonds is 6. The van der Waals surface area contributed by atoms with E-state index in [9.17, 15) is 18.0 Å². The number of ether oxygens (including phenoxy) is 2. The van der Waals surface area contributed by atoms with Gasteiger partial charge in [0.05, 0.1) is 5.56 Å². The number of halogens is 3. The first-order chi connectivity index (χ1) is 12.9. The SMILES string of the molecule is O=c1[nH]ccc(OCc2ccccc2)c1Cc1ccc(OC(F)(F)F)cc1. The molecule has 0 amide bonds. The van der Waals surface area contributed by atoms with E-state index in [-0.39, 0.29) is 17.7 Å². The van der Waals surface area contributed by atoms with Crippen molar-refractivity contribution in [3.63, 3.8) is 0 Å². The maximum atomic E-state index is 12.2. The monoisotopic (exact) mass is 375 g/mol. The Labute approximate surface area is 153 Å². The average molecular weight is 375 g/mol. The number of alkyl halides is 3. The minimum atomic E-state index is -4.74. The quantitative estimate of drug-likeness (QED) is 0.693. The van der Waals surface area contributed by atoms with Crippen LogP contribution < -0.4 is 15.0 Å². The summed E-state index contributed by atoms with van der Waals surface area (Å²) in [5, 5.41) is 0. The van der Waals surface area contributed by atoms with Gasteiger partial charge in [-0.1, -0.05) is 42.5 Å². The maximum absolute atomic E-state index is 12.2. The number of aromatic amines is 1. The molecule has 140 valence electrons. The zero-order valence-corrected chi connectivity index (χ0v) is 14.1. The van der Waals surface area contributed by atoms with Gasteiger partial charge >= 0.3 is 6.36 Å². The lowest BCUT2D eigenvalue weighted by molar-refractivity contribution is -0.274. The van der Waals surface area contributed by atoms with Crippen molar-refractivity contribution in [2.45, 2.75) is 19.4 Å². The van der Waals surface area contributed by atoms with Gasteiger partial charge in [-0.2, -0.15) is 0 Å². The first kappa shape index (κ1) is 18.6. The lowest BCUT2D eigenvalue weighted by Crippen LogP contribution is -2.17. The molecular weight excluding hydrogens is 359 g/mol. The lowest BCUT2D eigenvalue weighted by atomic mass is 10.1. The first-order valence-corrected chi connectivity index (χ1v) is 8.13. The van der Waals surface area contributed by atoms with E-state index in [1.54, 1.807) is 6.07 Å². The van der Waals surface area contributed by atoms with E-state index in [0.29, 0.717) is 23.5 Å². The van der Waals surface area contributed by atoms with Gasteiger partial charge in [-0.15, -0.1) is 13.2 Å². The lowest BCUT2D eigenvalue weighted by Gasteiger charge is -2.12. The summed E-state index contributed by atoms with van der Waals surface area (Å²) in [6, 6.07) is 16.5. The van der Waals surface area contributed by atoms with Crippen LogP contribution in [-0.2, 0) is 13.0 Å². The summed E-state index contributed by atoms with van der Waals surface area (Å²) < 4.78 is 46.3. The Hall–Kier alpha value is -3.22. The normalized spacial score (nSPS) is 11.2. The zero-order valence-electron chi connectivity index (χ0n) is 14.1. The van der Waals surface area contributed by atoms with Crippen LogP contribution in [0.15, 0.2) is 71.7 Å². The van der Waals surface area contributed by atoms with E-state index in [1.165, 1.54) is 30.5 Å².